The first-order valence-corrected chi connectivity index (χ1v) is 6.58. The summed E-state index contributed by atoms with van der Waals surface area (Å²) in [5.74, 6) is 2.04. The molecule has 0 radical (unpaired) electrons. The Balaban J connectivity index is 2.07. The Kier molecular flexibility index (Phi) is 6.05. The average Bonchev–Trinajstić information content (AvgIpc) is 2.25. The van der Waals surface area contributed by atoms with Crippen LogP contribution in [0.15, 0.2) is 0 Å². The lowest BCUT2D eigenvalue weighted by molar-refractivity contribution is 0.373. The Hall–Kier alpha value is -0.200. The molecule has 1 rings (SSSR count). The number of nitrogens with zero attached hydrogens (tertiary/aromatic N) is 1. The van der Waals surface area contributed by atoms with E-state index in [2.05, 4.69) is 18.3 Å². The maximum absolute atomic E-state index is 8.41. The zero-order chi connectivity index (χ0) is 10.2. The first-order chi connectivity index (χ1) is 6.84. The third kappa shape index (κ3) is 4.34. The van der Waals surface area contributed by atoms with Crippen LogP contribution in [0.2, 0.25) is 0 Å². The number of piperidine rings is 1. The molecule has 1 aliphatic rings. The fraction of sp³-hybridized carbons (Fsp3) is 0.909. The number of nitriles is 1. The summed E-state index contributed by atoms with van der Waals surface area (Å²) >= 11 is 2.04. The van der Waals surface area contributed by atoms with Crippen LogP contribution in [0.1, 0.15) is 32.6 Å². The molecule has 1 heterocycles. The first kappa shape index (κ1) is 11.9. The lowest BCUT2D eigenvalue weighted by Gasteiger charge is -2.27. The van der Waals surface area contributed by atoms with Crippen LogP contribution < -0.4 is 5.32 Å². The van der Waals surface area contributed by atoms with E-state index in [9.17, 15) is 0 Å². The molecule has 1 saturated heterocycles. The third-order valence-electron chi connectivity index (χ3n) is 2.86. The molecular formula is C11H20N2S. The largest absolute Gasteiger partial charge is 0.317 e. The molecule has 1 N–H and O–H groups in total. The summed E-state index contributed by atoms with van der Waals surface area (Å²) in [6.45, 7) is 4.72. The second kappa shape index (κ2) is 7.14. The van der Waals surface area contributed by atoms with E-state index in [4.69, 9.17) is 5.26 Å². The minimum absolute atomic E-state index is 0.714. The van der Waals surface area contributed by atoms with Crippen LogP contribution in [-0.4, -0.2) is 24.1 Å². The van der Waals surface area contributed by atoms with E-state index in [1.807, 2.05) is 11.8 Å². The number of nitrogens with one attached hydrogen (secondary N) is 1. The van der Waals surface area contributed by atoms with Gasteiger partial charge in [0.15, 0.2) is 0 Å². The molecule has 0 aromatic carbocycles. The van der Waals surface area contributed by atoms with Crippen LogP contribution in [0.5, 0.6) is 0 Å². The smallest absolute Gasteiger partial charge is 0.0622 e. The van der Waals surface area contributed by atoms with Gasteiger partial charge in [0.25, 0.3) is 0 Å². The molecule has 0 bridgehead atoms. The minimum Gasteiger partial charge on any atom is -0.317 e. The van der Waals surface area contributed by atoms with E-state index in [0.717, 1.165) is 23.3 Å². The van der Waals surface area contributed by atoms with Crippen molar-refractivity contribution in [3.8, 4) is 6.07 Å². The molecule has 0 spiro atoms. The van der Waals surface area contributed by atoms with Crippen molar-refractivity contribution in [3.63, 3.8) is 0 Å². The Labute approximate surface area is 91.4 Å². The maximum Gasteiger partial charge on any atom is 0.0622 e. The molecule has 0 aromatic heterocycles. The molecule has 0 saturated carbocycles. The van der Waals surface area contributed by atoms with Crippen LogP contribution in [0.4, 0.5) is 0 Å². The van der Waals surface area contributed by atoms with Crippen molar-refractivity contribution in [1.82, 2.24) is 5.32 Å². The summed E-state index contributed by atoms with van der Waals surface area (Å²) < 4.78 is 0. The van der Waals surface area contributed by atoms with Gasteiger partial charge >= 0.3 is 0 Å². The van der Waals surface area contributed by atoms with E-state index < -0.39 is 0 Å². The summed E-state index contributed by atoms with van der Waals surface area (Å²) in [5.41, 5.74) is 0. The molecule has 1 atom stereocenters. The van der Waals surface area contributed by atoms with Crippen LogP contribution in [0.3, 0.4) is 0 Å². The summed E-state index contributed by atoms with van der Waals surface area (Å²) in [6.07, 6.45) is 4.42. The van der Waals surface area contributed by atoms with Gasteiger partial charge in [-0.3, -0.25) is 0 Å². The predicted molar refractivity (Wildman–Crippen MR) is 62.4 cm³/mol. The van der Waals surface area contributed by atoms with Gasteiger partial charge in [-0.25, -0.2) is 0 Å². The molecule has 0 amide bonds. The molecular weight excluding hydrogens is 192 g/mol. The summed E-state index contributed by atoms with van der Waals surface area (Å²) in [4.78, 5) is 0. The fourth-order valence-electron chi connectivity index (χ4n) is 1.87. The first-order valence-electron chi connectivity index (χ1n) is 5.54. The molecule has 2 nitrogen and oxygen atoms in total. The Morgan fingerprint density at radius 3 is 2.86 bits per heavy atom. The Bertz CT molecular complexity index is 182. The maximum atomic E-state index is 8.41. The van der Waals surface area contributed by atoms with Crippen LogP contribution >= 0.6 is 11.8 Å². The highest BCUT2D eigenvalue weighted by Gasteiger charge is 2.19. The number of rotatable bonds is 5. The SMILES string of the molecule is CC(SCCCC#N)C1CCNCC1. The van der Waals surface area contributed by atoms with Gasteiger partial charge in [0.05, 0.1) is 6.07 Å². The van der Waals surface area contributed by atoms with Crippen molar-refractivity contribution < 1.29 is 0 Å². The van der Waals surface area contributed by atoms with Crippen molar-refractivity contribution in [2.75, 3.05) is 18.8 Å². The van der Waals surface area contributed by atoms with Gasteiger partial charge in [0.2, 0.25) is 0 Å². The van der Waals surface area contributed by atoms with Crippen molar-refractivity contribution in [1.29, 1.82) is 5.26 Å². The van der Waals surface area contributed by atoms with Crippen LogP contribution in [0.25, 0.3) is 0 Å². The zero-order valence-corrected chi connectivity index (χ0v) is 9.78. The van der Waals surface area contributed by atoms with Crippen LogP contribution in [-0.2, 0) is 0 Å². The molecule has 1 aliphatic heterocycles. The van der Waals surface area contributed by atoms with E-state index in [-0.39, 0.29) is 0 Å². The average molecular weight is 212 g/mol. The summed E-state index contributed by atoms with van der Waals surface area (Å²) in [6, 6.07) is 2.20. The molecule has 1 fully saturated rings. The number of thioether (sulfide) groups is 1. The van der Waals surface area contributed by atoms with E-state index in [0.29, 0.717) is 6.42 Å². The van der Waals surface area contributed by atoms with Crippen molar-refractivity contribution in [3.05, 3.63) is 0 Å². The Morgan fingerprint density at radius 2 is 2.21 bits per heavy atom. The standard InChI is InChI=1S/C11H20N2S/c1-10(14-9-3-2-6-12)11-4-7-13-8-5-11/h10-11,13H,2-5,7-9H2,1H3. The molecule has 80 valence electrons. The molecule has 0 aliphatic carbocycles. The lowest BCUT2D eigenvalue weighted by atomic mass is 9.95. The van der Waals surface area contributed by atoms with Gasteiger partial charge in [0, 0.05) is 11.7 Å². The predicted octanol–water partition coefficient (Wildman–Crippen LogP) is 2.41. The number of hydrogen-bond donors (Lipinski definition) is 1. The van der Waals surface area contributed by atoms with Crippen molar-refractivity contribution in [2.45, 2.75) is 37.9 Å². The highest BCUT2D eigenvalue weighted by atomic mass is 32.2. The molecule has 14 heavy (non-hydrogen) atoms. The second-order valence-electron chi connectivity index (χ2n) is 3.93. The van der Waals surface area contributed by atoms with E-state index in [1.54, 1.807) is 0 Å². The van der Waals surface area contributed by atoms with Crippen molar-refractivity contribution >= 4 is 11.8 Å². The highest BCUT2D eigenvalue weighted by Crippen LogP contribution is 2.26. The monoisotopic (exact) mass is 212 g/mol. The fourth-order valence-corrected chi connectivity index (χ4v) is 3.10. The summed E-state index contributed by atoms with van der Waals surface area (Å²) in [5, 5.41) is 12.6. The lowest BCUT2D eigenvalue weighted by Crippen LogP contribution is -2.31. The van der Waals surface area contributed by atoms with Crippen LogP contribution in [0, 0.1) is 17.2 Å². The summed E-state index contributed by atoms with van der Waals surface area (Å²) in [7, 11) is 0. The molecule has 0 aromatic rings. The highest BCUT2D eigenvalue weighted by molar-refractivity contribution is 7.99. The number of hydrogen-bond acceptors (Lipinski definition) is 3. The quantitative estimate of drug-likeness (QED) is 0.711. The Morgan fingerprint density at radius 1 is 1.50 bits per heavy atom. The third-order valence-corrected chi connectivity index (χ3v) is 4.30. The van der Waals surface area contributed by atoms with E-state index >= 15 is 0 Å². The molecule has 3 heteroatoms. The topological polar surface area (TPSA) is 35.8 Å². The van der Waals surface area contributed by atoms with E-state index in [1.165, 1.54) is 25.9 Å². The van der Waals surface area contributed by atoms with Gasteiger partial charge in [-0.1, -0.05) is 6.92 Å². The van der Waals surface area contributed by atoms with Gasteiger partial charge in [-0.2, -0.15) is 17.0 Å². The normalized spacial score (nSPS) is 20.3. The minimum atomic E-state index is 0.714. The molecule has 1 unspecified atom stereocenters. The van der Waals surface area contributed by atoms with Gasteiger partial charge in [-0.05, 0) is 44.0 Å². The van der Waals surface area contributed by atoms with Gasteiger partial charge in [-0.15, -0.1) is 0 Å². The second-order valence-corrected chi connectivity index (χ2v) is 5.41. The number of unbranched alkanes of at least 4 members (excludes halogenated alkanes) is 1. The van der Waals surface area contributed by atoms with Gasteiger partial charge in [0.1, 0.15) is 0 Å². The van der Waals surface area contributed by atoms with Crippen molar-refractivity contribution in [2.24, 2.45) is 5.92 Å². The zero-order valence-electron chi connectivity index (χ0n) is 8.96. The van der Waals surface area contributed by atoms with Gasteiger partial charge < -0.3 is 5.32 Å².